The van der Waals surface area contributed by atoms with Gasteiger partial charge in [-0.3, -0.25) is 9.59 Å². The topological polar surface area (TPSA) is 55.4 Å². The number of ether oxygens (including phenoxy) is 1. The van der Waals surface area contributed by atoms with Crippen LogP contribution < -0.4 is 5.32 Å². The second kappa shape index (κ2) is 2.68. The van der Waals surface area contributed by atoms with Crippen LogP contribution in [0.2, 0.25) is 0 Å². The van der Waals surface area contributed by atoms with Crippen LogP contribution in [-0.2, 0) is 14.3 Å². The lowest BCUT2D eigenvalue weighted by molar-refractivity contribution is -0.146. The molecule has 0 aromatic carbocycles. The Morgan fingerprint density at radius 1 is 1.90 bits per heavy atom. The van der Waals surface area contributed by atoms with Gasteiger partial charge >= 0.3 is 5.97 Å². The van der Waals surface area contributed by atoms with Crippen LogP contribution in [0.25, 0.3) is 0 Å². The van der Waals surface area contributed by atoms with Crippen LogP contribution in [0, 0.1) is 5.92 Å². The summed E-state index contributed by atoms with van der Waals surface area (Å²) < 4.78 is 4.39. The first-order valence-electron chi connectivity index (χ1n) is 3.08. The fourth-order valence-electron chi connectivity index (χ4n) is 0.779. The lowest BCUT2D eigenvalue weighted by atomic mass is 9.98. The van der Waals surface area contributed by atoms with E-state index in [0.29, 0.717) is 6.54 Å². The fourth-order valence-corrected chi connectivity index (χ4v) is 0.779. The average Bonchev–Trinajstić information content (AvgIpc) is 1.96. The maximum Gasteiger partial charge on any atom is 0.306 e. The molecule has 1 rings (SSSR count). The first-order chi connectivity index (χ1) is 4.74. The highest BCUT2D eigenvalue weighted by molar-refractivity contribution is 5.88. The van der Waals surface area contributed by atoms with E-state index in [1.807, 2.05) is 0 Å². The van der Waals surface area contributed by atoms with Crippen LogP contribution in [0.5, 0.6) is 0 Å². The lowest BCUT2D eigenvalue weighted by Gasteiger charge is -2.24. The van der Waals surface area contributed by atoms with E-state index in [4.69, 9.17) is 0 Å². The number of esters is 1. The molecule has 1 unspecified atom stereocenters. The van der Waals surface area contributed by atoms with Crippen molar-refractivity contribution in [3.05, 3.63) is 0 Å². The van der Waals surface area contributed by atoms with Gasteiger partial charge in [-0.05, 0) is 0 Å². The summed E-state index contributed by atoms with van der Waals surface area (Å²) in [5.74, 6) is -0.516. The van der Waals surface area contributed by atoms with Crippen LogP contribution in [0.3, 0.4) is 0 Å². The van der Waals surface area contributed by atoms with Gasteiger partial charge in [0.25, 0.3) is 0 Å². The Balaban J connectivity index is 2.25. The molecule has 1 aliphatic rings. The molecule has 0 aliphatic carbocycles. The van der Waals surface area contributed by atoms with Gasteiger partial charge in [0.15, 0.2) is 0 Å². The Labute approximate surface area is 58.5 Å². The Morgan fingerprint density at radius 3 is 2.90 bits per heavy atom. The molecule has 1 fully saturated rings. The van der Waals surface area contributed by atoms with Gasteiger partial charge in [0, 0.05) is 6.54 Å². The van der Waals surface area contributed by atoms with Crippen LogP contribution in [-0.4, -0.2) is 25.5 Å². The Bertz CT molecular complexity index is 166. The van der Waals surface area contributed by atoms with E-state index in [1.54, 1.807) is 0 Å². The molecule has 0 bridgehead atoms. The largest absolute Gasteiger partial charge is 0.469 e. The molecule has 0 aromatic heterocycles. The molecular formula is C6H9NO3. The number of carbonyl (C=O) groups is 2. The minimum absolute atomic E-state index is 0.0506. The summed E-state index contributed by atoms with van der Waals surface area (Å²) in [6.07, 6.45) is 0.211. The SMILES string of the molecule is COC(=O)CC1CNC1=O. The minimum atomic E-state index is -0.320. The molecule has 4 nitrogen and oxygen atoms in total. The molecule has 1 heterocycles. The third-order valence-corrected chi connectivity index (χ3v) is 1.53. The number of β-lactam (4-membered cyclic amide) rings is 1. The number of rotatable bonds is 2. The molecule has 1 aliphatic heterocycles. The number of nitrogens with one attached hydrogen (secondary N) is 1. The average molecular weight is 143 g/mol. The van der Waals surface area contributed by atoms with Gasteiger partial charge in [0.2, 0.25) is 5.91 Å². The van der Waals surface area contributed by atoms with E-state index in [0.717, 1.165) is 0 Å². The fraction of sp³-hybridized carbons (Fsp3) is 0.667. The lowest BCUT2D eigenvalue weighted by Crippen LogP contribution is -2.49. The molecule has 1 amide bonds. The molecule has 0 spiro atoms. The zero-order chi connectivity index (χ0) is 7.56. The molecule has 10 heavy (non-hydrogen) atoms. The van der Waals surface area contributed by atoms with Crippen molar-refractivity contribution in [1.82, 2.24) is 5.32 Å². The van der Waals surface area contributed by atoms with Crippen molar-refractivity contribution in [2.45, 2.75) is 6.42 Å². The van der Waals surface area contributed by atoms with Crippen LogP contribution >= 0.6 is 0 Å². The monoisotopic (exact) mass is 143 g/mol. The molecule has 0 radical (unpaired) electrons. The van der Waals surface area contributed by atoms with Crippen molar-refractivity contribution in [2.75, 3.05) is 13.7 Å². The molecule has 1 N–H and O–H groups in total. The van der Waals surface area contributed by atoms with E-state index >= 15 is 0 Å². The summed E-state index contributed by atoms with van der Waals surface area (Å²) in [7, 11) is 1.32. The Kier molecular flexibility index (Phi) is 1.89. The van der Waals surface area contributed by atoms with E-state index < -0.39 is 0 Å². The number of amides is 1. The summed E-state index contributed by atoms with van der Waals surface area (Å²) >= 11 is 0. The zero-order valence-electron chi connectivity index (χ0n) is 5.72. The highest BCUT2D eigenvalue weighted by Crippen LogP contribution is 2.10. The Morgan fingerprint density at radius 2 is 2.60 bits per heavy atom. The van der Waals surface area contributed by atoms with Gasteiger partial charge in [-0.1, -0.05) is 0 Å². The van der Waals surface area contributed by atoms with Crippen molar-refractivity contribution in [1.29, 1.82) is 0 Å². The molecule has 0 saturated carbocycles. The van der Waals surface area contributed by atoms with Gasteiger partial charge < -0.3 is 10.1 Å². The van der Waals surface area contributed by atoms with Crippen molar-refractivity contribution in [3.8, 4) is 0 Å². The normalized spacial score (nSPS) is 22.9. The molecule has 0 aromatic rings. The number of carbonyl (C=O) groups excluding carboxylic acids is 2. The predicted molar refractivity (Wildman–Crippen MR) is 33.1 cm³/mol. The van der Waals surface area contributed by atoms with Gasteiger partial charge in [0.1, 0.15) is 0 Å². The smallest absolute Gasteiger partial charge is 0.306 e. The maximum absolute atomic E-state index is 10.6. The summed E-state index contributed by atoms with van der Waals surface area (Å²) in [4.78, 5) is 21.1. The van der Waals surface area contributed by atoms with Crippen molar-refractivity contribution < 1.29 is 14.3 Å². The second-order valence-corrected chi connectivity index (χ2v) is 2.22. The molecule has 4 heteroatoms. The number of hydrogen-bond acceptors (Lipinski definition) is 3. The standard InChI is InChI=1S/C6H9NO3/c1-10-5(8)2-4-3-7-6(4)9/h4H,2-3H2,1H3,(H,7,9). The molecule has 1 atom stereocenters. The molecule has 56 valence electrons. The zero-order valence-corrected chi connectivity index (χ0v) is 5.72. The highest BCUT2D eigenvalue weighted by atomic mass is 16.5. The van der Waals surface area contributed by atoms with E-state index in [1.165, 1.54) is 7.11 Å². The second-order valence-electron chi connectivity index (χ2n) is 2.22. The van der Waals surface area contributed by atoms with Crippen LogP contribution in [0.1, 0.15) is 6.42 Å². The summed E-state index contributed by atoms with van der Waals surface area (Å²) in [6.45, 7) is 0.605. The van der Waals surface area contributed by atoms with Gasteiger partial charge in [0.05, 0.1) is 19.4 Å². The van der Waals surface area contributed by atoms with Crippen molar-refractivity contribution in [3.63, 3.8) is 0 Å². The minimum Gasteiger partial charge on any atom is -0.469 e. The van der Waals surface area contributed by atoms with Crippen molar-refractivity contribution in [2.24, 2.45) is 5.92 Å². The third-order valence-electron chi connectivity index (χ3n) is 1.53. The number of hydrogen-bond donors (Lipinski definition) is 1. The van der Waals surface area contributed by atoms with E-state index in [9.17, 15) is 9.59 Å². The van der Waals surface area contributed by atoms with E-state index in [-0.39, 0.29) is 24.2 Å². The summed E-state index contributed by atoms with van der Waals surface area (Å²) in [5, 5.41) is 2.54. The Hall–Kier alpha value is -1.06. The quantitative estimate of drug-likeness (QED) is 0.410. The van der Waals surface area contributed by atoms with Crippen LogP contribution in [0.15, 0.2) is 0 Å². The van der Waals surface area contributed by atoms with Crippen molar-refractivity contribution >= 4 is 11.9 Å². The first kappa shape index (κ1) is 7.05. The molecular weight excluding hydrogens is 134 g/mol. The van der Waals surface area contributed by atoms with Gasteiger partial charge in [-0.25, -0.2) is 0 Å². The van der Waals surface area contributed by atoms with E-state index in [2.05, 4.69) is 10.1 Å². The highest BCUT2D eigenvalue weighted by Gasteiger charge is 2.29. The summed E-state index contributed by atoms with van der Waals surface area (Å²) in [6, 6.07) is 0. The maximum atomic E-state index is 10.6. The van der Waals surface area contributed by atoms with Gasteiger partial charge in [-0.15, -0.1) is 0 Å². The number of methoxy groups -OCH3 is 1. The third kappa shape index (κ3) is 1.26. The van der Waals surface area contributed by atoms with Crippen LogP contribution in [0.4, 0.5) is 0 Å². The van der Waals surface area contributed by atoms with Gasteiger partial charge in [-0.2, -0.15) is 0 Å². The summed E-state index contributed by atoms with van der Waals surface area (Å²) in [5.41, 5.74) is 0. The molecule has 1 saturated heterocycles. The first-order valence-corrected chi connectivity index (χ1v) is 3.08. The predicted octanol–water partition coefficient (Wildman–Crippen LogP) is -0.705.